The number of thiazole rings is 1. The van der Waals surface area contributed by atoms with Gasteiger partial charge in [0.2, 0.25) is 4.80 Å². The van der Waals surface area contributed by atoms with Crippen molar-refractivity contribution in [2.24, 2.45) is 4.40 Å². The topological polar surface area (TPSA) is 116 Å². The molecule has 0 unspecified atom stereocenters. The van der Waals surface area contributed by atoms with Crippen LogP contribution in [-0.4, -0.2) is 37.8 Å². The van der Waals surface area contributed by atoms with Crippen LogP contribution in [0.4, 0.5) is 4.79 Å². The highest BCUT2D eigenvalue weighted by Crippen LogP contribution is 2.21. The zero-order chi connectivity index (χ0) is 28.2. The number of amides is 1. The van der Waals surface area contributed by atoms with Crippen molar-refractivity contribution in [2.45, 2.75) is 44.4 Å². The van der Waals surface area contributed by atoms with Gasteiger partial charge >= 0.3 is 12.1 Å². The number of methoxy groups -OCH3 is 1. The van der Waals surface area contributed by atoms with E-state index in [1.54, 1.807) is 37.6 Å². The van der Waals surface area contributed by atoms with Crippen LogP contribution >= 0.6 is 11.3 Å². The van der Waals surface area contributed by atoms with E-state index in [1.807, 2.05) is 42.5 Å². The van der Waals surface area contributed by atoms with Gasteiger partial charge in [-0.15, -0.1) is 4.40 Å². The number of carbonyl (C=O) groups excluding carboxylic acids is 2. The molecule has 0 atom stereocenters. The van der Waals surface area contributed by atoms with E-state index >= 15 is 0 Å². The second-order valence-corrected chi connectivity index (χ2v) is 12.3. The summed E-state index contributed by atoms with van der Waals surface area (Å²) in [6, 6.07) is 19.6. The molecule has 1 amide bonds. The molecule has 0 aliphatic heterocycles. The number of alkyl carbamates (subject to hydrolysis) is 1. The number of ether oxygens (including phenoxy) is 2. The van der Waals surface area contributed by atoms with Crippen LogP contribution in [0.5, 0.6) is 0 Å². The summed E-state index contributed by atoms with van der Waals surface area (Å²) >= 11 is 1.12. The highest BCUT2D eigenvalue weighted by molar-refractivity contribution is 7.90. The Morgan fingerprint density at radius 1 is 1.00 bits per heavy atom. The molecule has 0 radical (unpaired) electrons. The molecule has 0 saturated heterocycles. The lowest BCUT2D eigenvalue weighted by Gasteiger charge is -2.19. The Hall–Kier alpha value is -3.96. The monoisotopic (exact) mass is 567 g/mol. The third kappa shape index (κ3) is 6.92. The van der Waals surface area contributed by atoms with E-state index in [0.717, 1.165) is 27.7 Å². The number of esters is 1. The average molecular weight is 568 g/mol. The molecule has 0 saturated carbocycles. The lowest BCUT2D eigenvalue weighted by Crippen LogP contribution is -2.31. The second-order valence-electron chi connectivity index (χ2n) is 9.66. The molecule has 9 nitrogen and oxygen atoms in total. The summed E-state index contributed by atoms with van der Waals surface area (Å²) in [5.74, 6) is -0.776. The van der Waals surface area contributed by atoms with Gasteiger partial charge in [0.15, 0.2) is 0 Å². The fourth-order valence-electron chi connectivity index (χ4n) is 3.91. The molecule has 0 aliphatic carbocycles. The maximum atomic E-state index is 13.4. The number of hydrogen-bond acceptors (Lipinski definition) is 7. The third-order valence-corrected chi connectivity index (χ3v) is 8.02. The summed E-state index contributed by atoms with van der Waals surface area (Å²) in [6.45, 7) is 5.75. The van der Waals surface area contributed by atoms with Gasteiger partial charge in [-0.1, -0.05) is 65.9 Å². The molecular weight excluding hydrogens is 538 g/mol. The Kier molecular flexibility index (Phi) is 8.22. The van der Waals surface area contributed by atoms with Crippen molar-refractivity contribution in [3.8, 4) is 0 Å². The zero-order valence-corrected chi connectivity index (χ0v) is 23.6. The van der Waals surface area contributed by atoms with E-state index < -0.39 is 27.7 Å². The molecular formula is C28H29N3O6S2. The van der Waals surface area contributed by atoms with E-state index in [0.29, 0.717) is 11.4 Å². The predicted octanol–water partition coefficient (Wildman–Crippen LogP) is 4.85. The number of benzene rings is 3. The highest BCUT2D eigenvalue weighted by Gasteiger charge is 2.23. The Bertz CT molecular complexity index is 1690. The summed E-state index contributed by atoms with van der Waals surface area (Å²) in [7, 11) is -3.11. The Morgan fingerprint density at radius 2 is 1.69 bits per heavy atom. The Morgan fingerprint density at radius 3 is 2.44 bits per heavy atom. The first-order valence-corrected chi connectivity index (χ1v) is 14.3. The van der Waals surface area contributed by atoms with E-state index in [2.05, 4.69) is 9.71 Å². The molecule has 3 aromatic carbocycles. The Balaban J connectivity index is 1.77. The van der Waals surface area contributed by atoms with Crippen LogP contribution in [0.15, 0.2) is 82.2 Å². The molecule has 4 rings (SSSR count). The number of aromatic nitrogens is 1. The van der Waals surface area contributed by atoms with Crippen LogP contribution in [-0.2, 0) is 32.6 Å². The summed E-state index contributed by atoms with van der Waals surface area (Å²) in [5.41, 5.74) is 0.203. The maximum Gasteiger partial charge on any atom is 0.407 e. The molecule has 0 bridgehead atoms. The first-order chi connectivity index (χ1) is 18.5. The molecule has 0 fully saturated rings. The normalized spacial score (nSPS) is 12.4. The summed E-state index contributed by atoms with van der Waals surface area (Å²) in [4.78, 5) is 25.0. The summed E-state index contributed by atoms with van der Waals surface area (Å²) in [6.07, 6.45) is 1.17. The molecule has 1 N–H and O–H groups in total. The lowest BCUT2D eigenvalue weighted by atomic mass is 10.0. The number of rotatable bonds is 7. The largest absolute Gasteiger partial charge is 0.465 e. The standard InChI is InChI=1S/C28H29N3O6S2/c1-28(2,3)37-27(33)29-16-21-18-31(17-20-12-9-11-19-10-5-6-13-22(19)20)26(38-21)30-39(34,35)24-15-8-7-14-23(24)25(32)36-4/h5-15,18H,16-17H2,1-4H3,(H,29,33)/b30-26-. The minimum atomic E-state index is -4.30. The number of nitrogens with zero attached hydrogens (tertiary/aromatic N) is 2. The minimum Gasteiger partial charge on any atom is -0.465 e. The smallest absolute Gasteiger partial charge is 0.407 e. The molecule has 1 aromatic heterocycles. The molecule has 11 heteroatoms. The number of nitrogens with one attached hydrogen (secondary N) is 1. The number of hydrogen-bond donors (Lipinski definition) is 1. The van der Waals surface area contributed by atoms with Crippen LogP contribution in [0, 0.1) is 0 Å². The summed E-state index contributed by atoms with van der Waals surface area (Å²) in [5, 5.41) is 4.78. The first kappa shape index (κ1) is 28.1. The minimum absolute atomic E-state index is 0.104. The molecule has 0 spiro atoms. The van der Waals surface area contributed by atoms with E-state index in [1.165, 1.54) is 25.3 Å². The number of fused-ring (bicyclic) bond motifs is 1. The first-order valence-electron chi connectivity index (χ1n) is 12.1. The van der Waals surface area contributed by atoms with Gasteiger partial charge in [0.25, 0.3) is 10.0 Å². The SMILES string of the molecule is COC(=O)c1ccccc1S(=O)(=O)/N=c1\sc(CNC(=O)OC(C)(C)C)cn1Cc1cccc2ccccc12. The van der Waals surface area contributed by atoms with Crippen LogP contribution in [0.1, 0.15) is 41.6 Å². The van der Waals surface area contributed by atoms with Gasteiger partial charge in [-0.3, -0.25) is 0 Å². The van der Waals surface area contributed by atoms with Crippen LogP contribution in [0.2, 0.25) is 0 Å². The van der Waals surface area contributed by atoms with Gasteiger partial charge in [0, 0.05) is 11.1 Å². The van der Waals surface area contributed by atoms with Gasteiger partial charge < -0.3 is 19.4 Å². The summed E-state index contributed by atoms with van der Waals surface area (Å²) < 4.78 is 42.8. The van der Waals surface area contributed by atoms with Crippen molar-refractivity contribution in [1.29, 1.82) is 0 Å². The van der Waals surface area contributed by atoms with Crippen molar-refractivity contribution in [3.05, 3.63) is 93.7 Å². The number of sulfonamides is 1. The van der Waals surface area contributed by atoms with Crippen LogP contribution in [0.3, 0.4) is 0 Å². The third-order valence-electron chi connectivity index (χ3n) is 5.56. The lowest BCUT2D eigenvalue weighted by molar-refractivity contribution is 0.0522. The average Bonchev–Trinajstić information content (AvgIpc) is 3.26. The van der Waals surface area contributed by atoms with Crippen molar-refractivity contribution in [3.63, 3.8) is 0 Å². The highest BCUT2D eigenvalue weighted by atomic mass is 32.2. The molecule has 4 aromatic rings. The van der Waals surface area contributed by atoms with Crippen molar-refractivity contribution >= 4 is 44.2 Å². The van der Waals surface area contributed by atoms with Gasteiger partial charge in [0.1, 0.15) is 10.5 Å². The van der Waals surface area contributed by atoms with E-state index in [9.17, 15) is 18.0 Å². The zero-order valence-electron chi connectivity index (χ0n) is 22.0. The fourth-order valence-corrected chi connectivity index (χ4v) is 6.23. The molecule has 39 heavy (non-hydrogen) atoms. The van der Waals surface area contributed by atoms with E-state index in [4.69, 9.17) is 9.47 Å². The van der Waals surface area contributed by atoms with Gasteiger partial charge in [-0.05, 0) is 49.2 Å². The van der Waals surface area contributed by atoms with Crippen LogP contribution < -0.4 is 10.1 Å². The predicted molar refractivity (Wildman–Crippen MR) is 149 cm³/mol. The van der Waals surface area contributed by atoms with Gasteiger partial charge in [-0.25, -0.2) is 9.59 Å². The van der Waals surface area contributed by atoms with Crippen LogP contribution in [0.25, 0.3) is 10.8 Å². The molecule has 204 valence electrons. The van der Waals surface area contributed by atoms with Gasteiger partial charge in [-0.2, -0.15) is 8.42 Å². The maximum absolute atomic E-state index is 13.4. The second kappa shape index (κ2) is 11.4. The fraction of sp³-hybridized carbons (Fsp3) is 0.250. The van der Waals surface area contributed by atoms with Crippen molar-refractivity contribution in [1.82, 2.24) is 9.88 Å². The quantitative estimate of drug-likeness (QED) is 0.319. The number of carbonyl (C=O) groups is 2. The Labute approximate surface area is 230 Å². The van der Waals surface area contributed by atoms with Crippen molar-refractivity contribution < 1.29 is 27.5 Å². The molecule has 0 aliphatic rings. The van der Waals surface area contributed by atoms with Crippen molar-refractivity contribution in [2.75, 3.05) is 7.11 Å². The van der Waals surface area contributed by atoms with E-state index in [-0.39, 0.29) is 21.8 Å². The van der Waals surface area contributed by atoms with Gasteiger partial charge in [0.05, 0.1) is 25.8 Å². The molecule has 1 heterocycles.